The van der Waals surface area contributed by atoms with Gasteiger partial charge in [-0.2, -0.15) is 0 Å². The van der Waals surface area contributed by atoms with Crippen molar-refractivity contribution in [2.45, 2.75) is 45.8 Å². The fraction of sp³-hybridized carbons (Fsp3) is 0.304. The molecule has 2 rings (SSSR count). The highest BCUT2D eigenvalue weighted by Gasteiger charge is 2.21. The van der Waals surface area contributed by atoms with Crippen LogP contribution in [-0.4, -0.2) is 23.5 Å². The highest BCUT2D eigenvalue weighted by Crippen LogP contribution is 2.28. The smallest absolute Gasteiger partial charge is 0.310 e. The number of benzene rings is 2. The summed E-state index contributed by atoms with van der Waals surface area (Å²) in [5.74, 6) is -2.82. The summed E-state index contributed by atoms with van der Waals surface area (Å²) < 4.78 is 39.7. The van der Waals surface area contributed by atoms with Crippen molar-refractivity contribution in [2.24, 2.45) is 0 Å². The fourth-order valence-corrected chi connectivity index (χ4v) is 2.83. The van der Waals surface area contributed by atoms with Crippen LogP contribution in [0.15, 0.2) is 46.9 Å². The van der Waals surface area contributed by atoms with Crippen molar-refractivity contribution in [1.29, 1.82) is 0 Å². The van der Waals surface area contributed by atoms with Crippen LogP contribution in [0.1, 0.15) is 50.0 Å². The fourth-order valence-electron chi connectivity index (χ4n) is 2.56. The number of hydrogen-bond acceptors (Lipinski definition) is 4. The van der Waals surface area contributed by atoms with Crippen LogP contribution >= 0.6 is 15.9 Å². The SMILES string of the molecule is CC(CC(=O)OC(C)(C)C)Oc1c(F)cc(F)cc1/C=C/C(=O)c1ccc(Br)cc1. The number of halogens is 3. The molecule has 0 aliphatic heterocycles. The minimum absolute atomic E-state index is 0.0500. The first-order chi connectivity index (χ1) is 13.9. The Morgan fingerprint density at radius 1 is 1.13 bits per heavy atom. The van der Waals surface area contributed by atoms with Crippen LogP contribution in [0.3, 0.4) is 0 Å². The molecule has 0 saturated carbocycles. The summed E-state index contributed by atoms with van der Waals surface area (Å²) in [5.41, 5.74) is -0.180. The zero-order chi connectivity index (χ0) is 22.5. The van der Waals surface area contributed by atoms with E-state index in [0.29, 0.717) is 11.6 Å². The molecule has 160 valence electrons. The molecule has 2 aromatic rings. The van der Waals surface area contributed by atoms with Gasteiger partial charge in [0.1, 0.15) is 17.5 Å². The van der Waals surface area contributed by atoms with Crippen LogP contribution in [0.5, 0.6) is 5.75 Å². The Hall–Kier alpha value is -2.54. The molecular weight excluding hydrogens is 458 g/mol. The molecule has 1 unspecified atom stereocenters. The number of ketones is 1. The highest BCUT2D eigenvalue weighted by atomic mass is 79.9. The molecule has 0 spiro atoms. The first kappa shape index (κ1) is 23.7. The Balaban J connectivity index is 2.19. The Kier molecular flexibility index (Phi) is 7.89. The molecule has 0 amide bonds. The van der Waals surface area contributed by atoms with Gasteiger partial charge in [0.15, 0.2) is 17.3 Å². The van der Waals surface area contributed by atoms with Crippen molar-refractivity contribution >= 4 is 33.8 Å². The number of hydrogen-bond donors (Lipinski definition) is 0. The minimum Gasteiger partial charge on any atom is -0.486 e. The topological polar surface area (TPSA) is 52.6 Å². The van der Waals surface area contributed by atoms with Gasteiger partial charge in [-0.05, 0) is 70.2 Å². The lowest BCUT2D eigenvalue weighted by Crippen LogP contribution is -2.27. The molecule has 0 N–H and O–H groups in total. The van der Waals surface area contributed by atoms with Gasteiger partial charge < -0.3 is 9.47 Å². The van der Waals surface area contributed by atoms with E-state index >= 15 is 0 Å². The molecule has 0 aliphatic rings. The summed E-state index contributed by atoms with van der Waals surface area (Å²) in [4.78, 5) is 24.3. The second kappa shape index (κ2) is 9.98. The maximum absolute atomic E-state index is 14.4. The van der Waals surface area contributed by atoms with Gasteiger partial charge in [0.05, 0.1) is 6.42 Å². The zero-order valence-electron chi connectivity index (χ0n) is 17.2. The first-order valence-corrected chi connectivity index (χ1v) is 10.1. The summed E-state index contributed by atoms with van der Waals surface area (Å²) in [5, 5.41) is 0. The third kappa shape index (κ3) is 7.37. The maximum atomic E-state index is 14.4. The molecule has 0 saturated heterocycles. The lowest BCUT2D eigenvalue weighted by atomic mass is 10.1. The van der Waals surface area contributed by atoms with E-state index in [1.165, 1.54) is 12.2 Å². The summed E-state index contributed by atoms with van der Waals surface area (Å²) in [6.45, 7) is 6.79. The van der Waals surface area contributed by atoms with E-state index in [-0.39, 0.29) is 23.5 Å². The van der Waals surface area contributed by atoms with Gasteiger partial charge in [-0.3, -0.25) is 9.59 Å². The van der Waals surface area contributed by atoms with E-state index in [2.05, 4.69) is 15.9 Å². The van der Waals surface area contributed by atoms with Crippen LogP contribution in [0.4, 0.5) is 8.78 Å². The lowest BCUT2D eigenvalue weighted by Gasteiger charge is -2.22. The van der Waals surface area contributed by atoms with E-state index in [0.717, 1.165) is 10.5 Å². The van der Waals surface area contributed by atoms with Crippen LogP contribution in [0.25, 0.3) is 6.08 Å². The molecular formula is C23H23BrF2O4. The van der Waals surface area contributed by atoms with Crippen molar-refractivity contribution in [3.05, 3.63) is 69.7 Å². The van der Waals surface area contributed by atoms with Crippen molar-refractivity contribution in [2.75, 3.05) is 0 Å². The van der Waals surface area contributed by atoms with Gasteiger partial charge in [-0.15, -0.1) is 0 Å². The van der Waals surface area contributed by atoms with Crippen molar-refractivity contribution in [3.8, 4) is 5.75 Å². The predicted molar refractivity (Wildman–Crippen MR) is 114 cm³/mol. The Morgan fingerprint density at radius 3 is 2.37 bits per heavy atom. The average molecular weight is 481 g/mol. The number of carbonyl (C=O) groups excluding carboxylic acids is 2. The Morgan fingerprint density at radius 2 is 1.77 bits per heavy atom. The average Bonchev–Trinajstić information content (AvgIpc) is 2.61. The lowest BCUT2D eigenvalue weighted by molar-refractivity contribution is -0.156. The second-order valence-electron chi connectivity index (χ2n) is 7.73. The molecule has 0 aromatic heterocycles. The third-order valence-corrected chi connectivity index (χ3v) is 4.30. The predicted octanol–water partition coefficient (Wildman–Crippen LogP) is 6.12. The number of esters is 1. The standard InChI is InChI=1S/C23H23BrF2O4/c1-14(11-21(28)30-23(2,3)4)29-22-16(12-18(25)13-19(22)26)7-10-20(27)15-5-8-17(24)9-6-15/h5-10,12-14H,11H2,1-4H3/b10-7+. The molecule has 30 heavy (non-hydrogen) atoms. The van der Waals surface area contributed by atoms with Gasteiger partial charge >= 0.3 is 5.97 Å². The van der Waals surface area contributed by atoms with Gasteiger partial charge in [0, 0.05) is 21.7 Å². The molecule has 0 bridgehead atoms. The van der Waals surface area contributed by atoms with Gasteiger partial charge in [0.2, 0.25) is 0 Å². The highest BCUT2D eigenvalue weighted by molar-refractivity contribution is 9.10. The number of rotatable bonds is 7. The van der Waals surface area contributed by atoms with E-state index < -0.39 is 29.3 Å². The molecule has 7 heteroatoms. The van der Waals surface area contributed by atoms with Crippen LogP contribution in [0, 0.1) is 11.6 Å². The minimum atomic E-state index is -0.929. The largest absolute Gasteiger partial charge is 0.486 e. The molecule has 0 heterocycles. The van der Waals surface area contributed by atoms with Crippen LogP contribution < -0.4 is 4.74 Å². The van der Waals surface area contributed by atoms with E-state index in [1.54, 1.807) is 52.0 Å². The van der Waals surface area contributed by atoms with E-state index in [9.17, 15) is 18.4 Å². The summed E-state index contributed by atoms with van der Waals surface area (Å²) in [6.07, 6.45) is 1.65. The van der Waals surface area contributed by atoms with Crippen molar-refractivity contribution < 1.29 is 27.8 Å². The molecule has 2 aromatic carbocycles. The van der Waals surface area contributed by atoms with Gasteiger partial charge in [0.25, 0.3) is 0 Å². The summed E-state index contributed by atoms with van der Waals surface area (Å²) >= 11 is 3.29. The second-order valence-corrected chi connectivity index (χ2v) is 8.65. The number of ether oxygens (including phenoxy) is 2. The van der Waals surface area contributed by atoms with E-state index in [4.69, 9.17) is 9.47 Å². The van der Waals surface area contributed by atoms with Crippen LogP contribution in [0.2, 0.25) is 0 Å². The summed E-state index contributed by atoms with van der Waals surface area (Å²) in [7, 11) is 0. The monoisotopic (exact) mass is 480 g/mol. The molecule has 0 radical (unpaired) electrons. The maximum Gasteiger partial charge on any atom is 0.310 e. The first-order valence-electron chi connectivity index (χ1n) is 9.30. The van der Waals surface area contributed by atoms with Gasteiger partial charge in [-0.25, -0.2) is 8.78 Å². The van der Waals surface area contributed by atoms with Crippen molar-refractivity contribution in [3.63, 3.8) is 0 Å². The zero-order valence-corrected chi connectivity index (χ0v) is 18.8. The normalized spacial score (nSPS) is 12.6. The molecule has 4 nitrogen and oxygen atoms in total. The third-order valence-electron chi connectivity index (χ3n) is 3.77. The number of carbonyl (C=O) groups is 2. The molecule has 1 atom stereocenters. The Labute approximate surface area is 183 Å². The molecule has 0 fully saturated rings. The van der Waals surface area contributed by atoms with E-state index in [1.807, 2.05) is 0 Å². The van der Waals surface area contributed by atoms with Gasteiger partial charge in [-0.1, -0.05) is 15.9 Å². The quantitative estimate of drug-likeness (QED) is 0.272. The number of allylic oxidation sites excluding steroid dienone is 1. The van der Waals surface area contributed by atoms with Crippen molar-refractivity contribution in [1.82, 2.24) is 0 Å². The van der Waals surface area contributed by atoms with Crippen LogP contribution in [-0.2, 0) is 9.53 Å². The Bertz CT molecular complexity index is 947. The molecule has 0 aliphatic carbocycles. The summed E-state index contributed by atoms with van der Waals surface area (Å²) in [6, 6.07) is 8.44.